The predicted octanol–water partition coefficient (Wildman–Crippen LogP) is 16.4. The van der Waals surface area contributed by atoms with E-state index in [4.69, 9.17) is 13.8 Å². The fourth-order valence-corrected chi connectivity index (χ4v) is 8.19. The van der Waals surface area contributed by atoms with Crippen LogP contribution in [-0.2, 0) is 27.9 Å². The Balaban J connectivity index is 5.44. The van der Waals surface area contributed by atoms with Crippen LogP contribution in [0.15, 0.2) is 109 Å². The number of likely N-dealkylation sites (N-methyl/N-ethyl adjacent to an activating group) is 1. The summed E-state index contributed by atoms with van der Waals surface area (Å²) < 4.78 is 30.2. The molecule has 0 saturated carbocycles. The average molecular weight is 1010 g/mol. The molecule has 406 valence electrons. The number of quaternary nitrogens is 1. The van der Waals surface area contributed by atoms with E-state index in [1.165, 1.54) is 89.9 Å². The molecule has 0 aliphatic carbocycles. The zero-order valence-corrected chi connectivity index (χ0v) is 47.0. The zero-order chi connectivity index (χ0) is 52.2. The molecule has 0 radical (unpaired) electrons. The Hall–Kier alpha value is -3.33. The van der Waals surface area contributed by atoms with Gasteiger partial charge in [-0.25, -0.2) is 0 Å². The van der Waals surface area contributed by atoms with Crippen molar-refractivity contribution in [2.75, 3.05) is 40.9 Å². The second-order valence-electron chi connectivity index (χ2n) is 19.9. The summed E-state index contributed by atoms with van der Waals surface area (Å²) in [6.45, 7) is 6.60. The Morgan fingerprint density at radius 1 is 0.521 bits per heavy atom. The average Bonchev–Trinajstić information content (AvgIpc) is 3.33. The summed E-state index contributed by atoms with van der Waals surface area (Å²) in [5, 5.41) is 2.99. The van der Waals surface area contributed by atoms with E-state index in [1.807, 2.05) is 94.1 Å². The van der Waals surface area contributed by atoms with E-state index in [9.17, 15) is 19.0 Å². The van der Waals surface area contributed by atoms with Gasteiger partial charge in [-0.1, -0.05) is 227 Å². The topological polar surface area (TPSA) is 114 Å². The number of carbonyl (C=O) groups excluding carboxylic acids is 2. The minimum atomic E-state index is -4.71. The largest absolute Gasteiger partial charge is 0.756 e. The molecular formula is C61H105N2O7P. The number of phosphoric ester groups is 1. The van der Waals surface area contributed by atoms with Gasteiger partial charge < -0.3 is 28.5 Å². The van der Waals surface area contributed by atoms with Crippen LogP contribution in [0.1, 0.15) is 213 Å². The van der Waals surface area contributed by atoms with Gasteiger partial charge in [-0.15, -0.1) is 0 Å². The van der Waals surface area contributed by atoms with Gasteiger partial charge in [0, 0.05) is 12.8 Å². The van der Waals surface area contributed by atoms with Crippen molar-refractivity contribution in [2.24, 2.45) is 0 Å². The standard InChI is InChI=1S/C61H105N2O7P/c1-7-10-13-16-19-22-25-27-29-31-33-35-38-41-44-47-50-53-60(64)62-58(57-69-71(66,67)68-56-55-63(4,5)6)59(52-49-46-43-40-37-24-21-18-15-12-9-3)70-61(65)54-51-48-45-42-39-36-34-32-30-28-26-23-20-17-14-11-8-2/h10,13,16,19-20,22-23,25,27-31,33,35,38,49,52,58-59H,7-9,11-12,14-15,17-18,21,24,26,32,34,36-37,39-48,50-51,53-57H2,1-6H3,(H-,62,64,66,67)/b13-10-,19-16+,23-20-,25-22+,29-27-,30-28-,33-31+,38-35+,52-49+. The van der Waals surface area contributed by atoms with Crippen LogP contribution in [0.4, 0.5) is 0 Å². The molecule has 0 spiro atoms. The van der Waals surface area contributed by atoms with Crippen molar-refractivity contribution in [1.29, 1.82) is 0 Å². The minimum Gasteiger partial charge on any atom is -0.756 e. The summed E-state index contributed by atoms with van der Waals surface area (Å²) in [5.41, 5.74) is 0. The van der Waals surface area contributed by atoms with Crippen LogP contribution < -0.4 is 10.2 Å². The van der Waals surface area contributed by atoms with Gasteiger partial charge in [0.15, 0.2) is 0 Å². The molecule has 0 bridgehead atoms. The monoisotopic (exact) mass is 1010 g/mol. The number of amides is 1. The van der Waals surface area contributed by atoms with Crippen molar-refractivity contribution in [3.05, 3.63) is 109 Å². The van der Waals surface area contributed by atoms with Gasteiger partial charge in [-0.05, 0) is 83.1 Å². The molecule has 0 aliphatic rings. The fourth-order valence-electron chi connectivity index (χ4n) is 7.46. The van der Waals surface area contributed by atoms with Gasteiger partial charge >= 0.3 is 5.97 Å². The lowest BCUT2D eigenvalue weighted by Gasteiger charge is -2.30. The molecule has 0 aliphatic heterocycles. The summed E-state index contributed by atoms with van der Waals surface area (Å²) in [6, 6.07) is -0.921. The summed E-state index contributed by atoms with van der Waals surface area (Å²) in [6.07, 6.45) is 67.6. The third-order valence-electron chi connectivity index (χ3n) is 11.8. The Morgan fingerprint density at radius 3 is 1.51 bits per heavy atom. The van der Waals surface area contributed by atoms with Crippen LogP contribution in [0.5, 0.6) is 0 Å². The van der Waals surface area contributed by atoms with Gasteiger partial charge in [0.25, 0.3) is 7.82 Å². The second-order valence-corrected chi connectivity index (χ2v) is 21.3. The Bertz CT molecular complexity index is 1580. The van der Waals surface area contributed by atoms with Crippen molar-refractivity contribution in [3.63, 3.8) is 0 Å². The van der Waals surface area contributed by atoms with Gasteiger partial charge in [-0.3, -0.25) is 14.2 Å². The quantitative estimate of drug-likeness (QED) is 0.0161. The van der Waals surface area contributed by atoms with Crippen LogP contribution in [0.25, 0.3) is 0 Å². The Labute approximate surface area is 436 Å². The molecule has 9 nitrogen and oxygen atoms in total. The molecule has 71 heavy (non-hydrogen) atoms. The number of ether oxygens (including phenoxy) is 1. The molecule has 0 aromatic rings. The highest BCUT2D eigenvalue weighted by molar-refractivity contribution is 7.45. The van der Waals surface area contributed by atoms with Crippen LogP contribution >= 0.6 is 7.82 Å². The van der Waals surface area contributed by atoms with E-state index < -0.39 is 26.6 Å². The van der Waals surface area contributed by atoms with Crippen LogP contribution in [0.2, 0.25) is 0 Å². The molecule has 1 amide bonds. The molecule has 0 heterocycles. The highest BCUT2D eigenvalue weighted by atomic mass is 31.2. The molecule has 0 fully saturated rings. The number of nitrogens with one attached hydrogen (secondary N) is 1. The maximum Gasteiger partial charge on any atom is 0.306 e. The van der Waals surface area contributed by atoms with Crippen LogP contribution in [0, 0.1) is 0 Å². The lowest BCUT2D eigenvalue weighted by Crippen LogP contribution is -2.47. The number of hydrogen-bond acceptors (Lipinski definition) is 7. The summed E-state index contributed by atoms with van der Waals surface area (Å²) in [5.74, 6) is -0.611. The molecule has 3 atom stereocenters. The molecule has 10 heteroatoms. The molecule has 0 aromatic heterocycles. The number of nitrogens with zero attached hydrogens (tertiary/aromatic N) is 1. The summed E-state index contributed by atoms with van der Waals surface area (Å²) in [7, 11) is 1.13. The van der Waals surface area contributed by atoms with Crippen molar-refractivity contribution in [2.45, 2.75) is 226 Å². The second kappa shape index (κ2) is 50.2. The first-order chi connectivity index (χ1) is 34.4. The molecule has 1 N–H and O–H groups in total. The number of carbonyl (C=O) groups is 2. The molecule has 0 saturated heterocycles. The van der Waals surface area contributed by atoms with E-state index >= 15 is 0 Å². The van der Waals surface area contributed by atoms with Gasteiger partial charge in [0.2, 0.25) is 5.91 Å². The minimum absolute atomic E-state index is 0.0389. The van der Waals surface area contributed by atoms with Crippen LogP contribution in [-0.4, -0.2) is 69.4 Å². The lowest BCUT2D eigenvalue weighted by atomic mass is 10.1. The number of unbranched alkanes of at least 4 members (excludes halogenated alkanes) is 22. The van der Waals surface area contributed by atoms with Gasteiger partial charge in [-0.2, -0.15) is 0 Å². The lowest BCUT2D eigenvalue weighted by molar-refractivity contribution is -0.870. The highest BCUT2D eigenvalue weighted by Crippen LogP contribution is 2.38. The smallest absolute Gasteiger partial charge is 0.306 e. The van der Waals surface area contributed by atoms with E-state index in [-0.39, 0.29) is 31.3 Å². The predicted molar refractivity (Wildman–Crippen MR) is 302 cm³/mol. The van der Waals surface area contributed by atoms with Crippen molar-refractivity contribution in [1.82, 2.24) is 5.32 Å². The Kier molecular flexibility index (Phi) is 47.9. The fraction of sp³-hybridized carbons (Fsp3) is 0.672. The maximum absolute atomic E-state index is 13.5. The van der Waals surface area contributed by atoms with Gasteiger partial charge in [0.1, 0.15) is 19.3 Å². The SMILES string of the molecule is CC\C=C/C=C/C=C/C=C\C=C\C=C\CCCCCC(=O)NC(COP(=O)([O-])OCC[N+](C)(C)C)C(/C=C/CCCCCCCCCCC)OC(=O)CCCCCCCCC/C=C\C/C=C\CCCCC. The zero-order valence-electron chi connectivity index (χ0n) is 46.1. The maximum atomic E-state index is 13.5. The van der Waals surface area contributed by atoms with E-state index in [1.54, 1.807) is 0 Å². The van der Waals surface area contributed by atoms with E-state index in [0.29, 0.717) is 23.9 Å². The number of esters is 1. The first-order valence-electron chi connectivity index (χ1n) is 28.3. The number of allylic oxidation sites excluding steroid dienone is 17. The highest BCUT2D eigenvalue weighted by Gasteiger charge is 2.27. The van der Waals surface area contributed by atoms with Crippen molar-refractivity contribution in [3.8, 4) is 0 Å². The summed E-state index contributed by atoms with van der Waals surface area (Å²) >= 11 is 0. The summed E-state index contributed by atoms with van der Waals surface area (Å²) in [4.78, 5) is 39.8. The third-order valence-corrected chi connectivity index (χ3v) is 12.8. The van der Waals surface area contributed by atoms with E-state index in [0.717, 1.165) is 77.0 Å². The molecular weight excluding hydrogens is 904 g/mol. The Morgan fingerprint density at radius 2 is 0.958 bits per heavy atom. The van der Waals surface area contributed by atoms with Crippen molar-refractivity contribution < 1.29 is 37.3 Å². The van der Waals surface area contributed by atoms with E-state index in [2.05, 4.69) is 62.5 Å². The third kappa shape index (κ3) is 51.4. The number of rotatable bonds is 49. The van der Waals surface area contributed by atoms with Crippen LogP contribution in [0.3, 0.4) is 0 Å². The number of hydrogen-bond donors (Lipinski definition) is 1. The molecule has 0 aromatic carbocycles. The molecule has 3 unspecified atom stereocenters. The van der Waals surface area contributed by atoms with Crippen molar-refractivity contribution >= 4 is 19.7 Å². The first-order valence-corrected chi connectivity index (χ1v) is 29.7. The molecule has 0 rings (SSSR count). The van der Waals surface area contributed by atoms with Gasteiger partial charge in [0.05, 0.1) is 33.8 Å². The normalized spacial score (nSPS) is 14.6. The first kappa shape index (κ1) is 67.7. The number of phosphoric acid groups is 1.